The molecular weight excluding hydrogens is 350 g/mol. The number of carbonyl (C=O) groups is 1. The van der Waals surface area contributed by atoms with Gasteiger partial charge in [0.2, 0.25) is 0 Å². The highest BCUT2D eigenvalue weighted by Gasteiger charge is 2.26. The molecule has 1 aromatic carbocycles. The molecule has 112 valence electrons. The summed E-state index contributed by atoms with van der Waals surface area (Å²) in [5.41, 5.74) is 1.69. The molecule has 0 radical (unpaired) electrons. The maximum Gasteiger partial charge on any atom is 0.265 e. The number of carbonyl (C=O) groups excluding carboxylic acids is 1. The van der Waals surface area contributed by atoms with Crippen LogP contribution in [0.3, 0.4) is 0 Å². The minimum atomic E-state index is -0.188. The number of halogens is 1. The largest absolute Gasteiger partial charge is 0.350 e. The monoisotopic (exact) mass is 367 g/mol. The first-order valence-corrected chi connectivity index (χ1v) is 8.38. The standard InChI is InChI=1S/C15H18BrN3OS/c1-15(2,3)13-12(21-19-18-13)14(20)17-9-11(16)10-7-5-4-6-8-10/h4-8,11H,9H2,1-3H3,(H,17,20). The van der Waals surface area contributed by atoms with E-state index in [4.69, 9.17) is 0 Å². The van der Waals surface area contributed by atoms with E-state index in [1.165, 1.54) is 0 Å². The summed E-state index contributed by atoms with van der Waals surface area (Å²) in [7, 11) is 0. The molecule has 0 spiro atoms. The summed E-state index contributed by atoms with van der Waals surface area (Å²) in [4.78, 5) is 13.0. The SMILES string of the molecule is CC(C)(C)c1nnsc1C(=O)NCC(Br)c1ccccc1. The minimum Gasteiger partial charge on any atom is -0.350 e. The molecule has 4 nitrogen and oxygen atoms in total. The summed E-state index contributed by atoms with van der Waals surface area (Å²) in [6, 6.07) is 9.99. The molecule has 1 unspecified atom stereocenters. The molecule has 1 N–H and O–H groups in total. The van der Waals surface area contributed by atoms with E-state index in [0.717, 1.165) is 22.8 Å². The summed E-state index contributed by atoms with van der Waals surface area (Å²) in [5, 5.41) is 7.03. The van der Waals surface area contributed by atoms with Crippen molar-refractivity contribution < 1.29 is 4.79 Å². The van der Waals surface area contributed by atoms with Crippen LogP contribution >= 0.6 is 27.5 Å². The average Bonchev–Trinajstić information content (AvgIpc) is 2.95. The molecule has 21 heavy (non-hydrogen) atoms. The van der Waals surface area contributed by atoms with Crippen molar-refractivity contribution in [2.75, 3.05) is 6.54 Å². The number of amides is 1. The lowest BCUT2D eigenvalue weighted by atomic mass is 9.91. The third kappa shape index (κ3) is 4.11. The number of benzene rings is 1. The molecular formula is C15H18BrN3OS. The van der Waals surface area contributed by atoms with Crippen LogP contribution in [0.25, 0.3) is 0 Å². The van der Waals surface area contributed by atoms with E-state index in [9.17, 15) is 4.79 Å². The lowest BCUT2D eigenvalue weighted by molar-refractivity contribution is 0.0955. The Morgan fingerprint density at radius 2 is 2.00 bits per heavy atom. The highest BCUT2D eigenvalue weighted by atomic mass is 79.9. The first-order valence-electron chi connectivity index (χ1n) is 6.69. The summed E-state index contributed by atoms with van der Waals surface area (Å²) in [6.45, 7) is 6.59. The van der Waals surface area contributed by atoms with Crippen LogP contribution in [0.15, 0.2) is 30.3 Å². The molecule has 1 aromatic heterocycles. The van der Waals surface area contributed by atoms with E-state index < -0.39 is 0 Å². The van der Waals surface area contributed by atoms with Crippen molar-refractivity contribution in [1.82, 2.24) is 14.9 Å². The Kier molecular flexibility index (Phi) is 5.11. The van der Waals surface area contributed by atoms with Gasteiger partial charge in [0, 0.05) is 12.0 Å². The average molecular weight is 368 g/mol. The van der Waals surface area contributed by atoms with E-state index >= 15 is 0 Å². The Balaban J connectivity index is 2.02. The highest BCUT2D eigenvalue weighted by Crippen LogP contribution is 2.26. The zero-order valence-corrected chi connectivity index (χ0v) is 14.7. The summed E-state index contributed by atoms with van der Waals surface area (Å²) in [6.07, 6.45) is 0. The second-order valence-electron chi connectivity index (χ2n) is 5.79. The number of aromatic nitrogens is 2. The molecule has 0 saturated carbocycles. The second kappa shape index (κ2) is 6.66. The Morgan fingerprint density at radius 3 is 2.62 bits per heavy atom. The first-order chi connectivity index (χ1) is 9.89. The van der Waals surface area contributed by atoms with Gasteiger partial charge in [-0.05, 0) is 17.1 Å². The Labute approximate surface area is 137 Å². The molecule has 0 aliphatic heterocycles. The number of hydrogen-bond acceptors (Lipinski definition) is 4. The Hall–Kier alpha value is -1.27. The third-order valence-electron chi connectivity index (χ3n) is 3.01. The lowest BCUT2D eigenvalue weighted by Gasteiger charge is -2.16. The number of rotatable bonds is 4. The van der Waals surface area contributed by atoms with E-state index in [1.807, 2.05) is 51.1 Å². The molecule has 0 bridgehead atoms. The maximum atomic E-state index is 12.3. The van der Waals surface area contributed by atoms with Crippen molar-refractivity contribution in [2.24, 2.45) is 0 Å². The molecule has 2 aromatic rings. The smallest absolute Gasteiger partial charge is 0.265 e. The predicted octanol–water partition coefficient (Wildman–Crippen LogP) is 3.70. The fourth-order valence-electron chi connectivity index (χ4n) is 1.87. The van der Waals surface area contributed by atoms with Gasteiger partial charge in [-0.3, -0.25) is 4.79 Å². The van der Waals surface area contributed by atoms with Gasteiger partial charge in [0.1, 0.15) is 4.88 Å². The molecule has 1 amide bonds. The van der Waals surface area contributed by atoms with Crippen LogP contribution in [0.1, 0.15) is 46.5 Å². The molecule has 6 heteroatoms. The quantitative estimate of drug-likeness (QED) is 0.838. The normalized spacial score (nSPS) is 13.0. The molecule has 0 saturated heterocycles. The van der Waals surface area contributed by atoms with Crippen molar-refractivity contribution in [2.45, 2.75) is 31.0 Å². The highest BCUT2D eigenvalue weighted by molar-refractivity contribution is 9.09. The molecule has 2 rings (SSSR count). The van der Waals surface area contributed by atoms with Crippen molar-refractivity contribution in [3.8, 4) is 0 Å². The number of hydrogen-bond donors (Lipinski definition) is 1. The topological polar surface area (TPSA) is 54.9 Å². The van der Waals surface area contributed by atoms with Gasteiger partial charge in [0.05, 0.1) is 10.5 Å². The predicted molar refractivity (Wildman–Crippen MR) is 89.1 cm³/mol. The van der Waals surface area contributed by atoms with Crippen LogP contribution in [0.5, 0.6) is 0 Å². The zero-order valence-electron chi connectivity index (χ0n) is 12.3. The Morgan fingerprint density at radius 1 is 1.33 bits per heavy atom. The van der Waals surface area contributed by atoms with Gasteiger partial charge in [0.25, 0.3) is 5.91 Å². The van der Waals surface area contributed by atoms with E-state index in [-0.39, 0.29) is 16.1 Å². The molecule has 0 fully saturated rings. The number of alkyl halides is 1. The van der Waals surface area contributed by atoms with E-state index in [0.29, 0.717) is 11.4 Å². The van der Waals surface area contributed by atoms with Gasteiger partial charge in [-0.25, -0.2) is 0 Å². The van der Waals surface area contributed by atoms with Crippen LogP contribution in [-0.4, -0.2) is 22.0 Å². The van der Waals surface area contributed by atoms with Crippen LogP contribution in [-0.2, 0) is 5.41 Å². The van der Waals surface area contributed by atoms with Crippen LogP contribution in [0, 0.1) is 0 Å². The lowest BCUT2D eigenvalue weighted by Crippen LogP contribution is -2.28. The molecule has 1 atom stereocenters. The van der Waals surface area contributed by atoms with Gasteiger partial charge >= 0.3 is 0 Å². The van der Waals surface area contributed by atoms with Crippen LogP contribution < -0.4 is 5.32 Å². The van der Waals surface area contributed by atoms with E-state index in [2.05, 4.69) is 30.8 Å². The fraction of sp³-hybridized carbons (Fsp3) is 0.400. The van der Waals surface area contributed by atoms with Crippen molar-refractivity contribution >= 4 is 33.4 Å². The van der Waals surface area contributed by atoms with Crippen LogP contribution in [0.4, 0.5) is 0 Å². The number of nitrogens with zero attached hydrogens (tertiary/aromatic N) is 2. The summed E-state index contributed by atoms with van der Waals surface area (Å²) >= 11 is 4.74. The van der Waals surface area contributed by atoms with Gasteiger partial charge in [-0.2, -0.15) is 0 Å². The fourth-order valence-corrected chi connectivity index (χ4v) is 3.13. The van der Waals surface area contributed by atoms with Crippen molar-refractivity contribution in [1.29, 1.82) is 0 Å². The van der Waals surface area contributed by atoms with Crippen LogP contribution in [0.2, 0.25) is 0 Å². The first kappa shape index (κ1) is 16.1. The van der Waals surface area contributed by atoms with Crippen molar-refractivity contribution in [3.05, 3.63) is 46.5 Å². The van der Waals surface area contributed by atoms with Gasteiger partial charge in [-0.15, -0.1) is 5.10 Å². The molecule has 0 aliphatic carbocycles. The van der Waals surface area contributed by atoms with Gasteiger partial charge in [-0.1, -0.05) is 71.5 Å². The zero-order chi connectivity index (χ0) is 15.5. The molecule has 1 heterocycles. The number of nitrogens with one attached hydrogen (secondary N) is 1. The summed E-state index contributed by atoms with van der Waals surface area (Å²) < 4.78 is 3.91. The van der Waals surface area contributed by atoms with E-state index in [1.54, 1.807) is 0 Å². The van der Waals surface area contributed by atoms with Gasteiger partial charge < -0.3 is 5.32 Å². The van der Waals surface area contributed by atoms with Gasteiger partial charge in [0.15, 0.2) is 0 Å². The van der Waals surface area contributed by atoms with Crippen molar-refractivity contribution in [3.63, 3.8) is 0 Å². The third-order valence-corrected chi connectivity index (χ3v) is 4.58. The second-order valence-corrected chi connectivity index (χ2v) is 7.65. The minimum absolute atomic E-state index is 0.0848. The summed E-state index contributed by atoms with van der Waals surface area (Å²) in [5.74, 6) is -0.115. The Bertz CT molecular complexity index is 607. The molecule has 0 aliphatic rings. The maximum absolute atomic E-state index is 12.3.